The lowest BCUT2D eigenvalue weighted by molar-refractivity contribution is -0.139. The molecule has 0 saturated heterocycles. The number of hydrogen-bond acceptors (Lipinski definition) is 6. The fourth-order valence-electron chi connectivity index (χ4n) is 1.70. The van der Waals surface area contributed by atoms with Gasteiger partial charge < -0.3 is 10.8 Å². The number of tetrazole rings is 1. The van der Waals surface area contributed by atoms with Gasteiger partial charge in [0.2, 0.25) is 0 Å². The molecule has 2 aromatic rings. The van der Waals surface area contributed by atoms with Crippen molar-refractivity contribution in [3.05, 3.63) is 36.2 Å². The molecule has 0 aliphatic rings. The van der Waals surface area contributed by atoms with Crippen LogP contribution in [0.5, 0.6) is 0 Å². The molecular weight excluding hydrogens is 290 g/mol. The number of hydrogen-bond donors (Lipinski definition) is 2. The molecule has 1 atom stereocenters. The Morgan fingerprint density at radius 1 is 1.43 bits per heavy atom. The quantitative estimate of drug-likeness (QED) is 0.822. The van der Waals surface area contributed by atoms with Crippen molar-refractivity contribution in [2.75, 3.05) is 0 Å². The molecule has 0 aliphatic carbocycles. The standard InChI is InChI=1S/C13H17N5O2S/c1-13(2,11(14)12(19)20)21-8-10-15-16-17-18(10)9-6-4-3-5-7-9/h3-7,11H,8,14H2,1-2H3,(H,19,20)/t11-/m0/s1. The van der Waals surface area contributed by atoms with Crippen molar-refractivity contribution < 1.29 is 9.90 Å². The van der Waals surface area contributed by atoms with E-state index in [1.54, 1.807) is 18.5 Å². The molecule has 0 spiro atoms. The highest BCUT2D eigenvalue weighted by atomic mass is 32.2. The van der Waals surface area contributed by atoms with E-state index in [1.807, 2.05) is 30.3 Å². The zero-order chi connectivity index (χ0) is 15.5. The summed E-state index contributed by atoms with van der Waals surface area (Å²) in [7, 11) is 0. The number of para-hydroxylation sites is 1. The smallest absolute Gasteiger partial charge is 0.321 e. The summed E-state index contributed by atoms with van der Waals surface area (Å²) in [5.74, 6) is 0.0996. The first-order valence-corrected chi connectivity index (χ1v) is 7.35. The Balaban J connectivity index is 2.12. The lowest BCUT2D eigenvalue weighted by Crippen LogP contribution is -2.46. The minimum Gasteiger partial charge on any atom is -0.480 e. The highest BCUT2D eigenvalue weighted by Crippen LogP contribution is 2.30. The Morgan fingerprint density at radius 2 is 2.10 bits per heavy atom. The van der Waals surface area contributed by atoms with Crippen LogP contribution in [0.25, 0.3) is 5.69 Å². The van der Waals surface area contributed by atoms with Gasteiger partial charge >= 0.3 is 5.97 Å². The van der Waals surface area contributed by atoms with Gasteiger partial charge in [-0.3, -0.25) is 4.79 Å². The van der Waals surface area contributed by atoms with Gasteiger partial charge in [-0.1, -0.05) is 18.2 Å². The van der Waals surface area contributed by atoms with Crippen molar-refractivity contribution in [1.82, 2.24) is 20.2 Å². The molecule has 1 aromatic carbocycles. The third-order valence-corrected chi connectivity index (χ3v) is 4.52. The van der Waals surface area contributed by atoms with E-state index in [2.05, 4.69) is 15.5 Å². The summed E-state index contributed by atoms with van der Waals surface area (Å²) in [5, 5.41) is 20.7. The normalized spacial score (nSPS) is 13.1. The van der Waals surface area contributed by atoms with Gasteiger partial charge in [-0.15, -0.1) is 16.9 Å². The van der Waals surface area contributed by atoms with Gasteiger partial charge in [0, 0.05) is 4.75 Å². The van der Waals surface area contributed by atoms with Crippen LogP contribution in [0, 0.1) is 0 Å². The summed E-state index contributed by atoms with van der Waals surface area (Å²) in [4.78, 5) is 11.0. The van der Waals surface area contributed by atoms with E-state index >= 15 is 0 Å². The fourth-order valence-corrected chi connectivity index (χ4v) is 2.66. The Hall–Kier alpha value is -1.93. The van der Waals surface area contributed by atoms with Crippen LogP contribution >= 0.6 is 11.8 Å². The van der Waals surface area contributed by atoms with Gasteiger partial charge in [-0.05, 0) is 36.4 Å². The van der Waals surface area contributed by atoms with Crippen molar-refractivity contribution in [1.29, 1.82) is 0 Å². The third kappa shape index (κ3) is 3.59. The van der Waals surface area contributed by atoms with Gasteiger partial charge in [0.05, 0.1) is 11.4 Å². The SMILES string of the molecule is CC(C)(SCc1nnnn1-c1ccccc1)[C@@H](N)C(=O)O. The van der Waals surface area contributed by atoms with Crippen LogP contribution in [-0.4, -0.2) is 42.1 Å². The number of benzene rings is 1. The summed E-state index contributed by atoms with van der Waals surface area (Å²) >= 11 is 1.41. The molecule has 112 valence electrons. The summed E-state index contributed by atoms with van der Waals surface area (Å²) in [6.07, 6.45) is 0. The van der Waals surface area contributed by atoms with E-state index in [0.717, 1.165) is 5.69 Å². The van der Waals surface area contributed by atoms with Crippen molar-refractivity contribution >= 4 is 17.7 Å². The molecule has 21 heavy (non-hydrogen) atoms. The number of aliphatic carboxylic acids is 1. The number of nitrogens with two attached hydrogens (primary N) is 1. The third-order valence-electron chi connectivity index (χ3n) is 3.12. The average molecular weight is 307 g/mol. The van der Waals surface area contributed by atoms with Gasteiger partial charge in [0.1, 0.15) is 6.04 Å². The Morgan fingerprint density at radius 3 is 2.71 bits per heavy atom. The molecule has 3 N–H and O–H groups in total. The van der Waals surface area contributed by atoms with Gasteiger partial charge in [0.15, 0.2) is 5.82 Å². The second-order valence-electron chi connectivity index (χ2n) is 5.05. The number of aromatic nitrogens is 4. The van der Waals surface area contributed by atoms with Crippen molar-refractivity contribution in [2.45, 2.75) is 30.4 Å². The Kier molecular flexibility index (Phi) is 4.59. The van der Waals surface area contributed by atoms with Crippen LogP contribution < -0.4 is 5.73 Å². The molecule has 0 unspecified atom stereocenters. The molecule has 0 amide bonds. The first-order valence-electron chi connectivity index (χ1n) is 6.37. The van der Waals surface area contributed by atoms with Crippen molar-refractivity contribution in [3.63, 3.8) is 0 Å². The zero-order valence-corrected chi connectivity index (χ0v) is 12.6. The van der Waals surface area contributed by atoms with E-state index in [4.69, 9.17) is 10.8 Å². The monoisotopic (exact) mass is 307 g/mol. The van der Waals surface area contributed by atoms with E-state index in [-0.39, 0.29) is 0 Å². The molecule has 0 fully saturated rings. The number of carboxylic acid groups (broad SMARTS) is 1. The van der Waals surface area contributed by atoms with E-state index in [1.165, 1.54) is 11.8 Å². The fraction of sp³-hybridized carbons (Fsp3) is 0.385. The minimum atomic E-state index is -1.02. The lowest BCUT2D eigenvalue weighted by Gasteiger charge is -2.27. The first-order chi connectivity index (χ1) is 9.92. The maximum absolute atomic E-state index is 11.0. The Labute approximate surface area is 126 Å². The summed E-state index contributed by atoms with van der Waals surface area (Å²) in [6, 6.07) is 8.56. The molecular formula is C13H17N5O2S. The van der Waals surface area contributed by atoms with Gasteiger partial charge in [-0.2, -0.15) is 4.68 Å². The minimum absolute atomic E-state index is 0.468. The second-order valence-corrected chi connectivity index (χ2v) is 6.68. The largest absolute Gasteiger partial charge is 0.480 e. The van der Waals surface area contributed by atoms with Crippen LogP contribution in [-0.2, 0) is 10.5 Å². The van der Waals surface area contributed by atoms with E-state index < -0.39 is 16.8 Å². The number of carboxylic acids is 1. The molecule has 1 heterocycles. The molecule has 1 aromatic heterocycles. The van der Waals surface area contributed by atoms with Crippen LogP contribution in [0.3, 0.4) is 0 Å². The van der Waals surface area contributed by atoms with E-state index in [0.29, 0.717) is 11.6 Å². The number of nitrogens with zero attached hydrogens (tertiary/aromatic N) is 4. The predicted molar refractivity (Wildman–Crippen MR) is 80.1 cm³/mol. The van der Waals surface area contributed by atoms with Crippen molar-refractivity contribution in [2.24, 2.45) is 5.73 Å². The van der Waals surface area contributed by atoms with Crippen LogP contribution in [0.4, 0.5) is 0 Å². The molecule has 8 heteroatoms. The number of carbonyl (C=O) groups is 1. The van der Waals surface area contributed by atoms with Crippen LogP contribution in [0.1, 0.15) is 19.7 Å². The molecule has 0 radical (unpaired) electrons. The zero-order valence-electron chi connectivity index (χ0n) is 11.8. The maximum atomic E-state index is 11.0. The maximum Gasteiger partial charge on any atom is 0.321 e. The predicted octanol–water partition coefficient (Wildman–Crippen LogP) is 1.09. The summed E-state index contributed by atoms with van der Waals surface area (Å²) < 4.78 is 1.01. The van der Waals surface area contributed by atoms with Gasteiger partial charge in [-0.25, -0.2) is 0 Å². The molecule has 7 nitrogen and oxygen atoms in total. The molecule has 2 rings (SSSR count). The second kappa shape index (κ2) is 6.23. The summed E-state index contributed by atoms with van der Waals surface area (Å²) in [5.41, 5.74) is 6.56. The first kappa shape index (κ1) is 15.5. The van der Waals surface area contributed by atoms with Crippen molar-refractivity contribution in [3.8, 4) is 5.69 Å². The van der Waals surface area contributed by atoms with E-state index in [9.17, 15) is 4.79 Å². The lowest BCUT2D eigenvalue weighted by atomic mass is 10.1. The number of thioether (sulfide) groups is 1. The topological polar surface area (TPSA) is 107 Å². The molecule has 0 bridgehead atoms. The van der Waals surface area contributed by atoms with Crippen LogP contribution in [0.2, 0.25) is 0 Å². The Bertz CT molecular complexity index is 614. The number of rotatable bonds is 6. The highest BCUT2D eigenvalue weighted by molar-refractivity contribution is 7.99. The molecule has 0 saturated carbocycles. The summed E-state index contributed by atoms with van der Waals surface area (Å²) in [6.45, 7) is 3.60. The average Bonchev–Trinajstić information content (AvgIpc) is 2.93. The molecule has 0 aliphatic heterocycles. The highest BCUT2D eigenvalue weighted by Gasteiger charge is 2.33. The van der Waals surface area contributed by atoms with Gasteiger partial charge in [0.25, 0.3) is 0 Å². The van der Waals surface area contributed by atoms with Crippen LogP contribution in [0.15, 0.2) is 30.3 Å².